The predicted octanol–water partition coefficient (Wildman–Crippen LogP) is 4.11. The Kier molecular flexibility index (Phi) is 6.47. The van der Waals surface area contributed by atoms with Gasteiger partial charge in [0, 0.05) is 24.8 Å². The van der Waals surface area contributed by atoms with Crippen molar-refractivity contribution in [1.29, 1.82) is 0 Å². The van der Waals surface area contributed by atoms with Gasteiger partial charge in [-0.3, -0.25) is 4.99 Å². The number of rotatable bonds is 4. The number of nitrogens with one attached hydrogen (secondary N) is 1. The maximum Gasteiger partial charge on any atom is 0.198 e. The summed E-state index contributed by atoms with van der Waals surface area (Å²) < 4.78 is 13.4. The van der Waals surface area contributed by atoms with Crippen molar-refractivity contribution in [2.45, 2.75) is 46.1 Å². The van der Waals surface area contributed by atoms with Crippen LogP contribution in [0.4, 0.5) is 10.1 Å². The molecule has 134 valence electrons. The Morgan fingerprint density at radius 1 is 1.46 bits per heavy atom. The van der Waals surface area contributed by atoms with Gasteiger partial charge in [-0.15, -0.1) is 0 Å². The molecule has 2 rings (SSSR count). The number of anilines is 1. The second-order valence-corrected chi connectivity index (χ2v) is 7.71. The van der Waals surface area contributed by atoms with E-state index in [0.717, 1.165) is 31.0 Å². The van der Waals surface area contributed by atoms with Crippen molar-refractivity contribution in [1.82, 2.24) is 4.90 Å². The lowest BCUT2D eigenvalue weighted by atomic mass is 9.94. The number of guanidine groups is 1. The molecule has 1 aromatic carbocycles. The zero-order chi connectivity index (χ0) is 17.7. The summed E-state index contributed by atoms with van der Waals surface area (Å²) in [6.07, 6.45) is 3.53. The van der Waals surface area contributed by atoms with Gasteiger partial charge in [0.1, 0.15) is 5.82 Å². The van der Waals surface area contributed by atoms with Gasteiger partial charge >= 0.3 is 0 Å². The number of nitrogens with zero attached hydrogens (tertiary/aromatic N) is 2. The van der Waals surface area contributed by atoms with Gasteiger partial charge in [-0.05, 0) is 56.3 Å². The first kappa shape index (κ1) is 19.0. The van der Waals surface area contributed by atoms with Gasteiger partial charge in [-0.1, -0.05) is 25.4 Å². The van der Waals surface area contributed by atoms with Gasteiger partial charge in [0.05, 0.1) is 5.02 Å². The highest BCUT2D eigenvalue weighted by Gasteiger charge is 2.23. The molecule has 0 saturated carbocycles. The molecule has 0 aromatic heterocycles. The van der Waals surface area contributed by atoms with E-state index in [0.29, 0.717) is 19.1 Å². The van der Waals surface area contributed by atoms with E-state index in [9.17, 15) is 4.39 Å². The molecule has 0 amide bonds. The van der Waals surface area contributed by atoms with Crippen LogP contribution in [0.3, 0.4) is 0 Å². The molecule has 1 aliphatic heterocycles. The molecule has 1 heterocycles. The van der Waals surface area contributed by atoms with Crippen molar-refractivity contribution < 1.29 is 4.39 Å². The van der Waals surface area contributed by atoms with Crippen molar-refractivity contribution >= 4 is 23.2 Å². The highest BCUT2D eigenvalue weighted by molar-refractivity contribution is 6.31. The summed E-state index contributed by atoms with van der Waals surface area (Å²) >= 11 is 5.90. The number of aliphatic imine (C=N–C) groups is 1. The molecule has 1 aliphatic rings. The van der Waals surface area contributed by atoms with Crippen molar-refractivity contribution in [3.8, 4) is 0 Å². The third-order valence-corrected chi connectivity index (χ3v) is 4.75. The highest BCUT2D eigenvalue weighted by atomic mass is 35.5. The normalized spacial score (nSPS) is 19.5. The van der Waals surface area contributed by atoms with E-state index in [-0.39, 0.29) is 10.4 Å². The second kappa shape index (κ2) is 8.17. The van der Waals surface area contributed by atoms with Crippen LogP contribution < -0.4 is 11.1 Å². The predicted molar refractivity (Wildman–Crippen MR) is 100 cm³/mol. The minimum atomic E-state index is -0.420. The van der Waals surface area contributed by atoms with E-state index >= 15 is 0 Å². The fraction of sp³-hybridized carbons (Fsp3) is 0.611. The fourth-order valence-electron chi connectivity index (χ4n) is 2.67. The van der Waals surface area contributed by atoms with E-state index in [1.54, 1.807) is 12.1 Å². The number of nitrogens with two attached hydrogens (primary N) is 1. The molecule has 3 N–H and O–H groups in total. The Labute approximate surface area is 149 Å². The zero-order valence-corrected chi connectivity index (χ0v) is 15.5. The van der Waals surface area contributed by atoms with Gasteiger partial charge in [0.15, 0.2) is 5.96 Å². The summed E-state index contributed by atoms with van der Waals surface area (Å²) in [5.74, 6) is 0.391. The third-order valence-electron chi connectivity index (χ3n) is 4.46. The Balaban J connectivity index is 2.24. The summed E-state index contributed by atoms with van der Waals surface area (Å²) in [5.41, 5.74) is 6.50. The molecular formula is C18H28ClFN4. The van der Waals surface area contributed by atoms with Crippen LogP contribution in [0, 0.1) is 11.2 Å². The number of hydrogen-bond acceptors (Lipinski definition) is 2. The van der Waals surface area contributed by atoms with Crippen LogP contribution in [-0.2, 0) is 0 Å². The van der Waals surface area contributed by atoms with Crippen molar-refractivity contribution in [2.24, 2.45) is 16.1 Å². The Bertz CT molecular complexity index is 588. The van der Waals surface area contributed by atoms with Crippen LogP contribution in [0.5, 0.6) is 0 Å². The van der Waals surface area contributed by atoms with E-state index < -0.39 is 5.82 Å². The van der Waals surface area contributed by atoms with Crippen molar-refractivity contribution in [2.75, 3.05) is 25.0 Å². The number of halogens is 2. The van der Waals surface area contributed by atoms with Crippen LogP contribution in [0.15, 0.2) is 23.2 Å². The average Bonchev–Trinajstić information content (AvgIpc) is 2.55. The molecule has 1 atom stereocenters. The topological polar surface area (TPSA) is 53.6 Å². The molecule has 0 radical (unpaired) electrons. The first-order chi connectivity index (χ1) is 11.3. The lowest BCUT2D eigenvalue weighted by Crippen LogP contribution is -2.46. The lowest BCUT2D eigenvalue weighted by molar-refractivity contribution is 0.255. The smallest absolute Gasteiger partial charge is 0.198 e. The summed E-state index contributed by atoms with van der Waals surface area (Å²) in [6, 6.07) is 5.06. The molecule has 1 aromatic rings. The van der Waals surface area contributed by atoms with Gasteiger partial charge in [0.25, 0.3) is 0 Å². The largest absolute Gasteiger partial charge is 0.340 e. The number of piperidine rings is 1. The molecule has 6 heteroatoms. The highest BCUT2D eigenvalue weighted by Crippen LogP contribution is 2.23. The van der Waals surface area contributed by atoms with Crippen LogP contribution in [0.1, 0.15) is 40.0 Å². The van der Waals surface area contributed by atoms with Gasteiger partial charge in [-0.25, -0.2) is 4.39 Å². The average molecular weight is 355 g/mol. The van der Waals surface area contributed by atoms with Crippen LogP contribution in [0.2, 0.25) is 5.02 Å². The first-order valence-corrected chi connectivity index (χ1v) is 8.93. The van der Waals surface area contributed by atoms with Gasteiger partial charge in [-0.2, -0.15) is 0 Å². The number of hydrogen-bond donors (Lipinski definition) is 2. The van der Waals surface area contributed by atoms with Gasteiger partial charge in [0.2, 0.25) is 0 Å². The van der Waals surface area contributed by atoms with Crippen LogP contribution in [-0.4, -0.2) is 36.5 Å². The van der Waals surface area contributed by atoms with E-state index in [2.05, 4.69) is 31.0 Å². The quantitative estimate of drug-likeness (QED) is 0.632. The maximum absolute atomic E-state index is 13.4. The Hall–Kier alpha value is -1.33. The van der Waals surface area contributed by atoms with E-state index in [4.69, 9.17) is 22.3 Å². The van der Waals surface area contributed by atoms with Crippen molar-refractivity contribution in [3.05, 3.63) is 29.0 Å². The third kappa shape index (κ3) is 5.08. The molecule has 1 saturated heterocycles. The van der Waals surface area contributed by atoms with E-state index in [1.807, 2.05) is 0 Å². The van der Waals surface area contributed by atoms with E-state index in [1.165, 1.54) is 12.5 Å². The van der Waals surface area contributed by atoms with Crippen molar-refractivity contribution in [3.63, 3.8) is 0 Å². The summed E-state index contributed by atoms with van der Waals surface area (Å²) in [4.78, 5) is 7.09. The Morgan fingerprint density at radius 2 is 2.21 bits per heavy atom. The molecule has 0 bridgehead atoms. The lowest BCUT2D eigenvalue weighted by Gasteiger charge is -2.36. The summed E-state index contributed by atoms with van der Waals surface area (Å²) in [7, 11) is 0. The fourth-order valence-corrected chi connectivity index (χ4v) is 2.85. The maximum atomic E-state index is 13.4. The zero-order valence-electron chi connectivity index (χ0n) is 14.8. The molecule has 4 nitrogen and oxygen atoms in total. The minimum absolute atomic E-state index is 0.0631. The molecule has 24 heavy (non-hydrogen) atoms. The molecule has 1 unspecified atom stereocenters. The molecule has 0 spiro atoms. The Morgan fingerprint density at radius 3 is 2.83 bits per heavy atom. The second-order valence-electron chi connectivity index (χ2n) is 7.30. The summed E-state index contributed by atoms with van der Waals surface area (Å²) in [5, 5.41) is 3.43. The van der Waals surface area contributed by atoms with Crippen LogP contribution in [0.25, 0.3) is 0 Å². The molecular weight excluding hydrogens is 327 g/mol. The van der Waals surface area contributed by atoms with Gasteiger partial charge < -0.3 is 16.0 Å². The monoisotopic (exact) mass is 354 g/mol. The standard InChI is InChI=1S/C18H28ClFN4/c1-13-6-4-5-9-24(13)17(22-12-18(2,3)11-21)23-14-7-8-16(20)15(19)10-14/h7-8,10,13H,4-6,9,11-12,21H2,1-3H3,(H,22,23). The molecule has 0 aliphatic carbocycles. The van der Waals surface area contributed by atoms with Crippen LogP contribution >= 0.6 is 11.6 Å². The number of benzene rings is 1. The minimum Gasteiger partial charge on any atom is -0.340 e. The first-order valence-electron chi connectivity index (χ1n) is 8.55. The summed E-state index contributed by atoms with van der Waals surface area (Å²) in [6.45, 7) is 8.57. The molecule has 1 fully saturated rings. The number of likely N-dealkylation sites (tertiary alicyclic amines) is 1. The SMILES string of the molecule is CC1CCCCN1C(=NCC(C)(C)CN)Nc1ccc(F)c(Cl)c1.